The second-order valence-corrected chi connectivity index (χ2v) is 7.90. The number of benzene rings is 2. The van der Waals surface area contributed by atoms with E-state index in [2.05, 4.69) is 12.2 Å². The van der Waals surface area contributed by atoms with Gasteiger partial charge in [0, 0.05) is 16.6 Å². The molecule has 1 saturated carbocycles. The van der Waals surface area contributed by atoms with Crippen molar-refractivity contribution in [2.45, 2.75) is 45.3 Å². The molecule has 150 valence electrons. The number of rotatable bonds is 6. The number of nitrogens with one attached hydrogen (secondary N) is 1. The van der Waals surface area contributed by atoms with Crippen molar-refractivity contribution in [3.63, 3.8) is 0 Å². The van der Waals surface area contributed by atoms with Crippen LogP contribution in [-0.4, -0.2) is 11.9 Å². The van der Waals surface area contributed by atoms with Gasteiger partial charge in [0.25, 0.3) is 5.91 Å². The molecule has 0 aliphatic heterocycles. The van der Waals surface area contributed by atoms with Crippen molar-refractivity contribution in [1.29, 1.82) is 5.26 Å². The highest BCUT2D eigenvalue weighted by molar-refractivity contribution is 6.30. The van der Waals surface area contributed by atoms with Gasteiger partial charge in [0.2, 0.25) is 0 Å². The number of amides is 1. The summed E-state index contributed by atoms with van der Waals surface area (Å²) < 4.78 is 5.93. The number of para-hydroxylation sites is 1. The van der Waals surface area contributed by atoms with Crippen LogP contribution in [0.1, 0.15) is 43.7 Å². The Morgan fingerprint density at radius 3 is 2.79 bits per heavy atom. The van der Waals surface area contributed by atoms with Gasteiger partial charge < -0.3 is 10.1 Å². The van der Waals surface area contributed by atoms with Gasteiger partial charge in [-0.1, -0.05) is 61.7 Å². The molecule has 2 aromatic carbocycles. The molecule has 0 radical (unpaired) electrons. The maximum Gasteiger partial charge on any atom is 0.262 e. The minimum Gasteiger partial charge on any atom is -0.488 e. The van der Waals surface area contributed by atoms with Crippen molar-refractivity contribution in [3.8, 4) is 11.8 Å². The molecule has 1 amide bonds. The number of carbonyl (C=O) groups is 1. The Bertz CT molecular complexity index is 932. The summed E-state index contributed by atoms with van der Waals surface area (Å²) in [6.45, 7) is 2.50. The Balaban J connectivity index is 1.73. The van der Waals surface area contributed by atoms with Crippen molar-refractivity contribution >= 4 is 23.6 Å². The van der Waals surface area contributed by atoms with Gasteiger partial charge in [-0.3, -0.25) is 4.79 Å². The van der Waals surface area contributed by atoms with Crippen LogP contribution in [0, 0.1) is 17.2 Å². The number of nitriles is 1. The highest BCUT2D eigenvalue weighted by Crippen LogP contribution is 2.25. The minimum atomic E-state index is -0.323. The fourth-order valence-corrected chi connectivity index (χ4v) is 3.81. The average Bonchev–Trinajstić information content (AvgIpc) is 2.73. The van der Waals surface area contributed by atoms with Crippen LogP contribution >= 0.6 is 11.6 Å². The lowest BCUT2D eigenvalue weighted by atomic mass is 9.86. The molecule has 1 aliphatic carbocycles. The maximum absolute atomic E-state index is 12.7. The third-order valence-corrected chi connectivity index (χ3v) is 5.53. The quantitative estimate of drug-likeness (QED) is 0.505. The monoisotopic (exact) mass is 408 g/mol. The first-order valence-corrected chi connectivity index (χ1v) is 10.3. The second kappa shape index (κ2) is 10.1. The van der Waals surface area contributed by atoms with Gasteiger partial charge in [-0.2, -0.15) is 5.26 Å². The molecule has 0 heterocycles. The predicted molar refractivity (Wildman–Crippen MR) is 115 cm³/mol. The summed E-state index contributed by atoms with van der Waals surface area (Å²) in [5.41, 5.74) is 1.72. The Labute approximate surface area is 177 Å². The number of hydrogen-bond donors (Lipinski definition) is 1. The fourth-order valence-electron chi connectivity index (χ4n) is 3.60. The van der Waals surface area contributed by atoms with Crippen LogP contribution in [0.25, 0.3) is 6.08 Å². The van der Waals surface area contributed by atoms with Crippen LogP contribution in [0.2, 0.25) is 5.02 Å². The summed E-state index contributed by atoms with van der Waals surface area (Å²) in [5.74, 6) is 0.718. The lowest BCUT2D eigenvalue weighted by molar-refractivity contribution is -0.118. The van der Waals surface area contributed by atoms with Crippen molar-refractivity contribution in [3.05, 3.63) is 70.3 Å². The van der Waals surface area contributed by atoms with Crippen LogP contribution in [-0.2, 0) is 11.4 Å². The number of carbonyl (C=O) groups excluding carboxylic acids is 1. The second-order valence-electron chi connectivity index (χ2n) is 7.47. The first-order valence-electron chi connectivity index (χ1n) is 9.95. The van der Waals surface area contributed by atoms with Crippen molar-refractivity contribution in [2.75, 3.05) is 0 Å². The van der Waals surface area contributed by atoms with Crippen LogP contribution in [0.15, 0.2) is 54.1 Å². The van der Waals surface area contributed by atoms with E-state index in [-0.39, 0.29) is 17.5 Å². The van der Waals surface area contributed by atoms with E-state index in [0.29, 0.717) is 28.9 Å². The summed E-state index contributed by atoms with van der Waals surface area (Å²) in [6, 6.07) is 17.0. The summed E-state index contributed by atoms with van der Waals surface area (Å²) in [4.78, 5) is 12.7. The molecule has 4 nitrogen and oxygen atoms in total. The Hall–Kier alpha value is -2.77. The summed E-state index contributed by atoms with van der Waals surface area (Å²) >= 11 is 6.03. The number of halogens is 1. The molecule has 0 spiro atoms. The molecule has 29 heavy (non-hydrogen) atoms. The number of hydrogen-bond acceptors (Lipinski definition) is 3. The Morgan fingerprint density at radius 1 is 1.24 bits per heavy atom. The van der Waals surface area contributed by atoms with Gasteiger partial charge in [0.15, 0.2) is 0 Å². The molecule has 2 aromatic rings. The average molecular weight is 409 g/mol. The highest BCUT2D eigenvalue weighted by atomic mass is 35.5. The Kier molecular flexibility index (Phi) is 7.32. The molecule has 1 N–H and O–H groups in total. The summed E-state index contributed by atoms with van der Waals surface area (Å²) in [5, 5.41) is 13.2. The van der Waals surface area contributed by atoms with Gasteiger partial charge in [0.1, 0.15) is 24.0 Å². The van der Waals surface area contributed by atoms with E-state index in [1.807, 2.05) is 54.6 Å². The lowest BCUT2D eigenvalue weighted by Crippen LogP contribution is -2.41. The maximum atomic E-state index is 12.7. The standard InChI is InChI=1S/C24H25ClN2O2/c1-17-7-2-4-11-22(17)27-24(28)20(15-26)14-19-9-3-5-12-23(19)29-16-18-8-6-10-21(25)13-18/h3,5-6,8-10,12-14,17,22H,2,4,7,11,16H2,1H3,(H,27,28)/b20-14+/t17-,22+/m1/s1. The topological polar surface area (TPSA) is 62.1 Å². The van der Waals surface area contributed by atoms with Crippen LogP contribution in [0.3, 0.4) is 0 Å². The van der Waals surface area contributed by atoms with E-state index >= 15 is 0 Å². The number of ether oxygens (including phenoxy) is 1. The summed E-state index contributed by atoms with van der Waals surface area (Å²) in [7, 11) is 0. The van der Waals surface area contributed by atoms with Gasteiger partial charge >= 0.3 is 0 Å². The predicted octanol–water partition coefficient (Wildman–Crippen LogP) is 5.52. The van der Waals surface area contributed by atoms with E-state index in [1.54, 1.807) is 6.08 Å². The Morgan fingerprint density at radius 2 is 2.03 bits per heavy atom. The van der Waals surface area contributed by atoms with E-state index in [1.165, 1.54) is 6.42 Å². The largest absolute Gasteiger partial charge is 0.488 e. The molecule has 0 saturated heterocycles. The van der Waals surface area contributed by atoms with E-state index in [4.69, 9.17) is 16.3 Å². The minimum absolute atomic E-state index is 0.0848. The molecule has 0 unspecified atom stereocenters. The van der Waals surface area contributed by atoms with E-state index in [0.717, 1.165) is 24.8 Å². The smallest absolute Gasteiger partial charge is 0.262 e. The zero-order valence-corrected chi connectivity index (χ0v) is 17.3. The van der Waals surface area contributed by atoms with Crippen LogP contribution in [0.5, 0.6) is 5.75 Å². The summed E-state index contributed by atoms with van der Waals surface area (Å²) in [6.07, 6.45) is 5.98. The van der Waals surface area contributed by atoms with E-state index in [9.17, 15) is 10.1 Å². The van der Waals surface area contributed by atoms with Crippen LogP contribution in [0.4, 0.5) is 0 Å². The molecule has 5 heteroatoms. The van der Waals surface area contributed by atoms with Crippen LogP contribution < -0.4 is 10.1 Å². The molecular weight excluding hydrogens is 384 g/mol. The first kappa shape index (κ1) is 21.0. The van der Waals surface area contributed by atoms with Crippen molar-refractivity contribution < 1.29 is 9.53 Å². The highest BCUT2D eigenvalue weighted by Gasteiger charge is 2.24. The van der Waals surface area contributed by atoms with Crippen molar-refractivity contribution in [2.24, 2.45) is 5.92 Å². The third kappa shape index (κ3) is 5.85. The third-order valence-electron chi connectivity index (χ3n) is 5.30. The van der Waals surface area contributed by atoms with Gasteiger partial charge in [0.05, 0.1) is 0 Å². The molecule has 3 rings (SSSR count). The van der Waals surface area contributed by atoms with Gasteiger partial charge in [-0.15, -0.1) is 0 Å². The SMILES string of the molecule is C[C@@H]1CCCC[C@@H]1NC(=O)/C(C#N)=C/c1ccccc1OCc1cccc(Cl)c1. The molecule has 1 fully saturated rings. The zero-order valence-electron chi connectivity index (χ0n) is 16.5. The van der Waals surface area contributed by atoms with E-state index < -0.39 is 0 Å². The molecule has 0 bridgehead atoms. The molecule has 0 aromatic heterocycles. The number of nitrogens with zero attached hydrogens (tertiary/aromatic N) is 1. The molecule has 1 aliphatic rings. The van der Waals surface area contributed by atoms with Gasteiger partial charge in [-0.05, 0) is 48.6 Å². The molecular formula is C24H25ClN2O2. The van der Waals surface area contributed by atoms with Crippen molar-refractivity contribution in [1.82, 2.24) is 5.32 Å². The lowest BCUT2D eigenvalue weighted by Gasteiger charge is -2.29. The first-order chi connectivity index (χ1) is 14.1. The van der Waals surface area contributed by atoms with Gasteiger partial charge in [-0.25, -0.2) is 0 Å². The normalized spacial score (nSPS) is 19.3. The fraction of sp³-hybridized carbons (Fsp3) is 0.333. The molecule has 2 atom stereocenters. The zero-order chi connectivity index (χ0) is 20.6.